The predicted octanol–water partition coefficient (Wildman–Crippen LogP) is 2.13. The molecule has 108 valence electrons. The van der Waals surface area contributed by atoms with Crippen LogP contribution in [0.3, 0.4) is 0 Å². The van der Waals surface area contributed by atoms with Crippen LogP contribution in [0.1, 0.15) is 5.56 Å². The highest BCUT2D eigenvalue weighted by molar-refractivity contribution is 5.81. The molecule has 4 nitrogen and oxygen atoms in total. The number of halogens is 4. The monoisotopic (exact) mass is 289 g/mol. The molecule has 0 spiro atoms. The summed E-state index contributed by atoms with van der Waals surface area (Å²) in [4.78, 5) is 12.0. The van der Waals surface area contributed by atoms with Crippen molar-refractivity contribution in [2.24, 2.45) is 0 Å². The number of amides is 1. The van der Waals surface area contributed by atoms with Crippen LogP contribution in [-0.4, -0.2) is 37.1 Å². The van der Waals surface area contributed by atoms with Crippen molar-refractivity contribution in [3.63, 3.8) is 0 Å². The number of hydrogen-bond acceptors (Lipinski definition) is 3. The van der Waals surface area contributed by atoms with Gasteiger partial charge in [-0.3, -0.25) is 4.79 Å². The summed E-state index contributed by atoms with van der Waals surface area (Å²) in [6.07, 6.45) is -4.49. The molecular formula is C12H11F4N3O. The van der Waals surface area contributed by atoms with E-state index in [-0.39, 0.29) is 11.3 Å². The summed E-state index contributed by atoms with van der Waals surface area (Å²) in [5, 5.41) is 11.2. The van der Waals surface area contributed by atoms with Crippen LogP contribution < -0.4 is 5.32 Å². The van der Waals surface area contributed by atoms with Crippen molar-refractivity contribution in [3.8, 4) is 6.07 Å². The van der Waals surface area contributed by atoms with Crippen LogP contribution >= 0.6 is 0 Å². The molecular weight excluding hydrogens is 278 g/mol. The van der Waals surface area contributed by atoms with Gasteiger partial charge in [0.25, 0.3) is 0 Å². The third-order valence-electron chi connectivity index (χ3n) is 2.40. The number of carbonyl (C=O) groups excluding carboxylic acids is 1. The molecule has 0 aliphatic carbocycles. The number of nitriles is 1. The van der Waals surface area contributed by atoms with E-state index in [0.29, 0.717) is 4.90 Å². The van der Waals surface area contributed by atoms with Gasteiger partial charge in [-0.25, -0.2) is 4.39 Å². The maximum atomic E-state index is 13.2. The van der Waals surface area contributed by atoms with E-state index in [1.54, 1.807) is 6.07 Å². The molecule has 0 aliphatic heterocycles. The molecule has 1 rings (SSSR count). The van der Waals surface area contributed by atoms with Gasteiger partial charge in [-0.05, 0) is 12.1 Å². The van der Waals surface area contributed by atoms with E-state index >= 15 is 0 Å². The lowest BCUT2D eigenvalue weighted by molar-refractivity contribution is -0.157. The largest absolute Gasteiger partial charge is 0.406 e. The Bertz CT molecular complexity index is 536. The molecule has 20 heavy (non-hydrogen) atoms. The van der Waals surface area contributed by atoms with Gasteiger partial charge in [-0.2, -0.15) is 18.4 Å². The minimum atomic E-state index is -4.49. The van der Waals surface area contributed by atoms with Gasteiger partial charge >= 0.3 is 6.18 Å². The van der Waals surface area contributed by atoms with Crippen molar-refractivity contribution in [1.82, 2.24) is 4.90 Å². The third kappa shape index (κ3) is 4.42. The van der Waals surface area contributed by atoms with Crippen molar-refractivity contribution in [1.29, 1.82) is 5.26 Å². The fourth-order valence-electron chi connectivity index (χ4n) is 1.45. The lowest BCUT2D eigenvalue weighted by Crippen LogP contribution is -2.39. The number of anilines is 1. The van der Waals surface area contributed by atoms with Crippen LogP contribution in [-0.2, 0) is 4.79 Å². The highest BCUT2D eigenvalue weighted by Crippen LogP contribution is 2.18. The quantitative estimate of drug-likeness (QED) is 0.864. The predicted molar refractivity (Wildman–Crippen MR) is 63.3 cm³/mol. The Morgan fingerprint density at radius 2 is 2.10 bits per heavy atom. The molecule has 0 saturated heterocycles. The van der Waals surface area contributed by atoms with Crippen molar-refractivity contribution in [3.05, 3.63) is 29.6 Å². The maximum absolute atomic E-state index is 13.2. The molecule has 0 fully saturated rings. The molecule has 0 aliphatic rings. The van der Waals surface area contributed by atoms with Crippen molar-refractivity contribution in [2.45, 2.75) is 6.18 Å². The standard InChI is InChI=1S/C12H11F4N3O/c1-19(7-12(14,15)16)11(20)6-18-10-4-2-3-9(13)8(10)5-17/h2-4,18H,6-7H2,1H3. The first-order chi connectivity index (χ1) is 9.24. The second-order valence-corrected chi connectivity index (χ2v) is 3.99. The Hall–Kier alpha value is -2.30. The van der Waals surface area contributed by atoms with Gasteiger partial charge in [0.1, 0.15) is 24.0 Å². The first-order valence-corrected chi connectivity index (χ1v) is 5.48. The fraction of sp³-hybridized carbons (Fsp3) is 0.333. The van der Waals surface area contributed by atoms with Crippen molar-refractivity contribution < 1.29 is 22.4 Å². The Morgan fingerprint density at radius 3 is 2.65 bits per heavy atom. The highest BCUT2D eigenvalue weighted by atomic mass is 19.4. The SMILES string of the molecule is CN(CC(F)(F)F)C(=O)CNc1cccc(F)c1C#N. The first kappa shape index (κ1) is 15.8. The molecule has 8 heteroatoms. The van der Waals surface area contributed by atoms with Crippen molar-refractivity contribution in [2.75, 3.05) is 25.5 Å². The number of nitrogens with one attached hydrogen (secondary N) is 1. The topological polar surface area (TPSA) is 56.1 Å². The van der Waals surface area contributed by atoms with E-state index in [9.17, 15) is 22.4 Å². The zero-order valence-corrected chi connectivity index (χ0v) is 10.5. The first-order valence-electron chi connectivity index (χ1n) is 5.48. The minimum Gasteiger partial charge on any atom is -0.375 e. The van der Waals surface area contributed by atoms with Gasteiger partial charge in [-0.1, -0.05) is 6.07 Å². The number of benzene rings is 1. The number of rotatable bonds is 4. The van der Waals surface area contributed by atoms with Crippen LogP contribution in [0.25, 0.3) is 0 Å². The van der Waals surface area contributed by atoms with Crippen LogP contribution in [0.5, 0.6) is 0 Å². The lowest BCUT2D eigenvalue weighted by atomic mass is 10.2. The number of nitrogens with zero attached hydrogens (tertiary/aromatic N) is 2. The normalized spacial score (nSPS) is 10.8. The molecule has 0 bridgehead atoms. The third-order valence-corrected chi connectivity index (χ3v) is 2.40. The Labute approximate surface area is 112 Å². The average molecular weight is 289 g/mol. The highest BCUT2D eigenvalue weighted by Gasteiger charge is 2.31. The Balaban J connectivity index is 2.67. The molecule has 0 saturated carbocycles. The van der Waals surface area contributed by atoms with Crippen LogP contribution in [0.4, 0.5) is 23.2 Å². The van der Waals surface area contributed by atoms with Gasteiger partial charge in [0, 0.05) is 7.05 Å². The summed E-state index contributed by atoms with van der Waals surface area (Å²) in [6, 6.07) is 5.37. The molecule has 1 amide bonds. The smallest absolute Gasteiger partial charge is 0.375 e. The zero-order valence-electron chi connectivity index (χ0n) is 10.5. The second-order valence-electron chi connectivity index (χ2n) is 3.99. The van der Waals surface area contributed by atoms with Crippen LogP contribution in [0.15, 0.2) is 18.2 Å². The van der Waals surface area contributed by atoms with E-state index in [0.717, 1.165) is 13.1 Å². The van der Waals surface area contributed by atoms with Crippen LogP contribution in [0.2, 0.25) is 0 Å². The fourth-order valence-corrected chi connectivity index (χ4v) is 1.45. The number of hydrogen-bond donors (Lipinski definition) is 1. The van der Waals surface area contributed by atoms with E-state index in [1.807, 2.05) is 0 Å². The maximum Gasteiger partial charge on any atom is 0.406 e. The number of likely N-dealkylation sites (N-methyl/N-ethyl adjacent to an activating group) is 1. The minimum absolute atomic E-state index is 0.0567. The summed E-state index contributed by atoms with van der Waals surface area (Å²) in [5.41, 5.74) is -0.236. The summed E-state index contributed by atoms with van der Waals surface area (Å²) in [5.74, 6) is -1.59. The van der Waals surface area contributed by atoms with E-state index in [2.05, 4.69) is 5.32 Å². The lowest BCUT2D eigenvalue weighted by Gasteiger charge is -2.19. The molecule has 0 aromatic heterocycles. The van der Waals surface area contributed by atoms with Crippen LogP contribution in [0, 0.1) is 17.1 Å². The summed E-state index contributed by atoms with van der Waals surface area (Å²) in [6.45, 7) is -1.84. The molecule has 1 aromatic carbocycles. The van der Waals surface area contributed by atoms with Gasteiger partial charge in [0.05, 0.1) is 12.2 Å². The molecule has 1 aromatic rings. The van der Waals surface area contributed by atoms with E-state index in [4.69, 9.17) is 5.26 Å². The number of alkyl halides is 3. The molecule has 0 unspecified atom stereocenters. The van der Waals surface area contributed by atoms with E-state index < -0.39 is 31.0 Å². The second kappa shape index (κ2) is 6.23. The Kier molecular flexibility index (Phi) is 4.91. The molecule has 0 atom stereocenters. The zero-order chi connectivity index (χ0) is 15.3. The summed E-state index contributed by atoms with van der Waals surface area (Å²) < 4.78 is 49.5. The van der Waals surface area contributed by atoms with Crippen molar-refractivity contribution >= 4 is 11.6 Å². The Morgan fingerprint density at radius 1 is 1.45 bits per heavy atom. The molecule has 0 heterocycles. The summed E-state index contributed by atoms with van der Waals surface area (Å²) >= 11 is 0. The average Bonchev–Trinajstić information content (AvgIpc) is 2.33. The van der Waals surface area contributed by atoms with Gasteiger partial charge in [0.15, 0.2) is 0 Å². The molecule has 1 N–H and O–H groups in total. The summed E-state index contributed by atoms with van der Waals surface area (Å²) in [7, 11) is 1.01. The van der Waals surface area contributed by atoms with E-state index in [1.165, 1.54) is 12.1 Å². The van der Waals surface area contributed by atoms with Gasteiger partial charge in [-0.15, -0.1) is 0 Å². The number of carbonyl (C=O) groups is 1. The van der Waals surface area contributed by atoms with Gasteiger partial charge < -0.3 is 10.2 Å². The van der Waals surface area contributed by atoms with Gasteiger partial charge in [0.2, 0.25) is 5.91 Å². The molecule has 0 radical (unpaired) electrons.